The van der Waals surface area contributed by atoms with Crippen molar-refractivity contribution in [3.8, 4) is 17.4 Å². The second kappa shape index (κ2) is 9.99. The quantitative estimate of drug-likeness (QED) is 0.199. The van der Waals surface area contributed by atoms with Gasteiger partial charge in [-0.3, -0.25) is 0 Å². The van der Waals surface area contributed by atoms with Crippen molar-refractivity contribution < 1.29 is 35.7 Å². The van der Waals surface area contributed by atoms with Gasteiger partial charge in [-0.15, -0.1) is 17.5 Å². The zero-order chi connectivity index (χ0) is 26.5. The van der Waals surface area contributed by atoms with E-state index in [1.165, 1.54) is 5.56 Å². The number of carboxylic acids is 1. The van der Waals surface area contributed by atoms with Crippen LogP contribution in [0.15, 0.2) is 66.9 Å². The van der Waals surface area contributed by atoms with Crippen LogP contribution in [-0.4, -0.2) is 25.6 Å². The summed E-state index contributed by atoms with van der Waals surface area (Å²) < 4.78 is 8.21. The molecule has 5 rings (SSSR count). The first-order valence-corrected chi connectivity index (χ1v) is 12.3. The van der Waals surface area contributed by atoms with Gasteiger partial charge in [0, 0.05) is 44.6 Å². The number of aromatic nitrogens is 3. The van der Waals surface area contributed by atoms with E-state index < -0.39 is 5.97 Å². The summed E-state index contributed by atoms with van der Waals surface area (Å²) in [6.45, 7) is 12.6. The molecular formula is C31H30N3O3Pt-. The molecule has 7 heteroatoms. The van der Waals surface area contributed by atoms with Crippen molar-refractivity contribution in [3.05, 3.63) is 89.7 Å². The molecule has 0 spiro atoms. The first kappa shape index (κ1) is 27.5. The van der Waals surface area contributed by atoms with Crippen molar-refractivity contribution in [2.45, 2.75) is 52.4 Å². The molecule has 198 valence electrons. The van der Waals surface area contributed by atoms with Gasteiger partial charge in [0.2, 0.25) is 5.88 Å². The van der Waals surface area contributed by atoms with E-state index in [2.05, 4.69) is 54.6 Å². The molecule has 3 heterocycles. The molecule has 1 N–H and O–H groups in total. The van der Waals surface area contributed by atoms with Crippen LogP contribution in [0.1, 0.15) is 63.2 Å². The molecule has 0 radical (unpaired) electrons. The Kier molecular flexibility index (Phi) is 7.24. The second-order valence-corrected chi connectivity index (χ2v) is 11.3. The molecule has 0 aliphatic heterocycles. The molecule has 0 saturated heterocycles. The minimum atomic E-state index is -1.10. The van der Waals surface area contributed by atoms with Crippen molar-refractivity contribution in [2.75, 3.05) is 0 Å². The van der Waals surface area contributed by atoms with Crippen LogP contribution in [0, 0.1) is 6.07 Å². The number of hydrogen-bond acceptors (Lipinski definition) is 4. The number of pyridine rings is 2. The number of hydrogen-bond donors (Lipinski definition) is 1. The Balaban J connectivity index is 0.00000336. The van der Waals surface area contributed by atoms with Crippen LogP contribution in [0.3, 0.4) is 0 Å². The average Bonchev–Trinajstić information content (AvgIpc) is 3.16. The maximum atomic E-state index is 11.7. The normalized spacial score (nSPS) is 11.9. The maximum absolute atomic E-state index is 11.7. The van der Waals surface area contributed by atoms with Crippen LogP contribution in [-0.2, 0) is 31.9 Å². The number of para-hydroxylation sites is 1. The van der Waals surface area contributed by atoms with Gasteiger partial charge < -0.3 is 14.4 Å². The summed E-state index contributed by atoms with van der Waals surface area (Å²) in [5.74, 6) is 0.364. The fourth-order valence-corrected chi connectivity index (χ4v) is 4.39. The van der Waals surface area contributed by atoms with Crippen molar-refractivity contribution in [2.24, 2.45) is 0 Å². The average molecular weight is 688 g/mol. The zero-order valence-electron chi connectivity index (χ0n) is 22.3. The number of fused-ring (bicyclic) bond motifs is 3. The summed E-state index contributed by atoms with van der Waals surface area (Å²) in [6, 6.07) is 23.0. The van der Waals surface area contributed by atoms with E-state index in [4.69, 9.17) is 9.72 Å². The standard InChI is InChI=1S/C31H30N3O3.Pt/c1-30(2,3)19-13-14-32-27(16-19)34-25-10-8-7-9-22(25)23-12-11-21(18-26(23)34)37-28-17-20(31(4,5)6)15-24(33-28)29(35)36;/h7-17H,1-6H3,(H,35,36);/q-1;. The van der Waals surface area contributed by atoms with E-state index in [-0.39, 0.29) is 43.5 Å². The molecule has 0 saturated carbocycles. The van der Waals surface area contributed by atoms with Crippen LogP contribution in [0.2, 0.25) is 0 Å². The third-order valence-corrected chi connectivity index (χ3v) is 6.50. The molecule has 0 aliphatic rings. The minimum absolute atomic E-state index is 0. The van der Waals surface area contributed by atoms with E-state index in [9.17, 15) is 9.90 Å². The molecule has 0 bridgehead atoms. The number of carboxylic acid groups (broad SMARTS) is 1. The Morgan fingerprint density at radius 3 is 2.29 bits per heavy atom. The number of benzene rings is 2. The summed E-state index contributed by atoms with van der Waals surface area (Å²) in [4.78, 5) is 20.6. The van der Waals surface area contributed by atoms with Crippen LogP contribution in [0.5, 0.6) is 11.6 Å². The van der Waals surface area contributed by atoms with Crippen LogP contribution in [0.25, 0.3) is 27.6 Å². The van der Waals surface area contributed by atoms with Gasteiger partial charge in [0.05, 0.1) is 0 Å². The molecule has 3 aromatic heterocycles. The third-order valence-electron chi connectivity index (χ3n) is 6.50. The first-order chi connectivity index (χ1) is 17.4. The Morgan fingerprint density at radius 1 is 0.895 bits per heavy atom. The number of nitrogens with zero attached hydrogens (tertiary/aromatic N) is 3. The van der Waals surface area contributed by atoms with Gasteiger partial charge in [-0.25, -0.2) is 14.8 Å². The molecule has 0 fully saturated rings. The number of rotatable bonds is 4. The number of carbonyl (C=O) groups is 1. The fraction of sp³-hybridized carbons (Fsp3) is 0.258. The SMILES string of the molecule is CC(C)(C)c1cc(Oc2[c-]c3c(cc2)c2ccccc2n3-c2cc(C(C)(C)C)ccn2)nc(C(=O)O)c1.[Pt]. The van der Waals surface area contributed by atoms with Gasteiger partial charge in [-0.1, -0.05) is 65.3 Å². The smallest absolute Gasteiger partial charge is 0.354 e. The van der Waals surface area contributed by atoms with Crippen molar-refractivity contribution >= 4 is 27.8 Å². The van der Waals surface area contributed by atoms with Crippen molar-refractivity contribution in [3.63, 3.8) is 0 Å². The van der Waals surface area contributed by atoms with E-state index >= 15 is 0 Å². The third kappa shape index (κ3) is 5.23. The predicted molar refractivity (Wildman–Crippen MR) is 146 cm³/mol. The molecule has 0 amide bonds. The monoisotopic (exact) mass is 687 g/mol. The van der Waals surface area contributed by atoms with Crippen LogP contribution in [0.4, 0.5) is 0 Å². The molecule has 38 heavy (non-hydrogen) atoms. The molecule has 0 atom stereocenters. The van der Waals surface area contributed by atoms with Gasteiger partial charge in [0.25, 0.3) is 0 Å². The van der Waals surface area contributed by atoms with Gasteiger partial charge in [-0.2, -0.15) is 6.07 Å². The minimum Gasteiger partial charge on any atom is -0.477 e. The summed E-state index contributed by atoms with van der Waals surface area (Å²) in [7, 11) is 0. The maximum Gasteiger partial charge on any atom is 0.354 e. The number of ether oxygens (including phenoxy) is 1. The Bertz CT molecular complexity index is 1660. The largest absolute Gasteiger partial charge is 0.477 e. The Hall–Kier alpha value is -3.50. The van der Waals surface area contributed by atoms with E-state index in [0.717, 1.165) is 33.2 Å². The zero-order valence-corrected chi connectivity index (χ0v) is 24.5. The summed E-state index contributed by atoms with van der Waals surface area (Å²) in [6.07, 6.45) is 1.84. The molecular weight excluding hydrogens is 657 g/mol. The summed E-state index contributed by atoms with van der Waals surface area (Å²) in [5, 5.41) is 11.7. The van der Waals surface area contributed by atoms with Gasteiger partial charge in [0.15, 0.2) is 5.69 Å². The topological polar surface area (TPSA) is 77.2 Å². The van der Waals surface area contributed by atoms with Crippen LogP contribution < -0.4 is 4.74 Å². The molecule has 5 aromatic rings. The summed E-state index contributed by atoms with van der Waals surface area (Å²) >= 11 is 0. The Morgan fingerprint density at radius 2 is 1.61 bits per heavy atom. The molecule has 6 nitrogen and oxygen atoms in total. The Labute approximate surface area is 237 Å². The van der Waals surface area contributed by atoms with Gasteiger partial charge in [0.1, 0.15) is 5.82 Å². The van der Waals surface area contributed by atoms with E-state index in [1.807, 2.05) is 57.3 Å². The van der Waals surface area contributed by atoms with Gasteiger partial charge in [-0.05, 0) is 51.6 Å². The van der Waals surface area contributed by atoms with Crippen molar-refractivity contribution in [1.29, 1.82) is 0 Å². The summed E-state index contributed by atoms with van der Waals surface area (Å²) in [5.41, 5.74) is 3.50. The predicted octanol–water partition coefficient (Wildman–Crippen LogP) is 7.46. The van der Waals surface area contributed by atoms with E-state index in [0.29, 0.717) is 5.75 Å². The van der Waals surface area contributed by atoms with Crippen molar-refractivity contribution in [1.82, 2.24) is 14.5 Å². The van der Waals surface area contributed by atoms with Crippen LogP contribution >= 0.6 is 0 Å². The number of aromatic carboxylic acids is 1. The second-order valence-electron chi connectivity index (χ2n) is 11.3. The first-order valence-electron chi connectivity index (χ1n) is 12.3. The van der Waals surface area contributed by atoms with Gasteiger partial charge >= 0.3 is 5.97 Å². The fourth-order valence-electron chi connectivity index (χ4n) is 4.39. The molecule has 0 unspecified atom stereocenters. The molecule has 0 aliphatic carbocycles. The van der Waals surface area contributed by atoms with E-state index in [1.54, 1.807) is 12.1 Å². The molecule has 2 aromatic carbocycles.